The first-order valence-electron chi connectivity index (χ1n) is 4.65. The Morgan fingerprint density at radius 1 is 1.50 bits per heavy atom. The highest BCUT2D eigenvalue weighted by atomic mass is 35.5. The van der Waals surface area contributed by atoms with E-state index < -0.39 is 10.0 Å². The molecular formula is C8H18ClNO3S. The molecule has 0 aliphatic rings. The molecule has 0 aliphatic heterocycles. The topological polar surface area (TPSA) is 55.4 Å². The molecule has 0 radical (unpaired) electrons. The van der Waals surface area contributed by atoms with E-state index in [4.69, 9.17) is 16.3 Å². The number of ether oxygens (including phenoxy) is 1. The van der Waals surface area contributed by atoms with E-state index in [1.165, 1.54) is 0 Å². The number of hydrogen-bond donors (Lipinski definition) is 1. The van der Waals surface area contributed by atoms with E-state index in [-0.39, 0.29) is 18.4 Å². The Hall–Kier alpha value is 0.160. The van der Waals surface area contributed by atoms with Gasteiger partial charge in [-0.05, 0) is 20.3 Å². The largest absolute Gasteiger partial charge is 0.381 e. The van der Waals surface area contributed by atoms with Gasteiger partial charge in [0.05, 0.1) is 12.4 Å². The Labute approximate surface area is 91.0 Å². The molecule has 0 rings (SSSR count). The lowest BCUT2D eigenvalue weighted by Crippen LogP contribution is -2.35. The molecule has 0 saturated carbocycles. The summed E-state index contributed by atoms with van der Waals surface area (Å²) in [6.45, 7) is 4.39. The maximum Gasteiger partial charge on any atom is 0.214 e. The summed E-state index contributed by atoms with van der Waals surface area (Å²) in [7, 11) is -3.21. The van der Waals surface area contributed by atoms with E-state index >= 15 is 0 Å². The molecule has 86 valence electrons. The maximum atomic E-state index is 11.4. The van der Waals surface area contributed by atoms with Crippen molar-refractivity contribution in [2.75, 3.05) is 24.8 Å². The van der Waals surface area contributed by atoms with Gasteiger partial charge in [0.1, 0.15) is 0 Å². The molecule has 1 N–H and O–H groups in total. The van der Waals surface area contributed by atoms with Gasteiger partial charge in [-0.2, -0.15) is 0 Å². The van der Waals surface area contributed by atoms with E-state index in [0.29, 0.717) is 18.9 Å². The first-order valence-corrected chi connectivity index (χ1v) is 6.84. The second-order valence-electron chi connectivity index (χ2n) is 3.01. The summed E-state index contributed by atoms with van der Waals surface area (Å²) < 4.78 is 30.2. The third-order valence-corrected chi connectivity index (χ3v) is 3.31. The van der Waals surface area contributed by atoms with Gasteiger partial charge in [-0.3, -0.25) is 0 Å². The lowest BCUT2D eigenvalue weighted by Gasteiger charge is -2.12. The Morgan fingerprint density at radius 2 is 2.14 bits per heavy atom. The van der Waals surface area contributed by atoms with Crippen LogP contribution >= 0.6 is 11.6 Å². The summed E-state index contributed by atoms with van der Waals surface area (Å²) >= 11 is 5.49. The molecule has 0 bridgehead atoms. The quantitative estimate of drug-likeness (QED) is 0.510. The van der Waals surface area contributed by atoms with Crippen molar-refractivity contribution in [3.63, 3.8) is 0 Å². The Balaban J connectivity index is 3.82. The molecule has 1 atom stereocenters. The fourth-order valence-electron chi connectivity index (χ4n) is 0.901. The van der Waals surface area contributed by atoms with Crippen LogP contribution in [-0.2, 0) is 14.8 Å². The molecule has 1 unspecified atom stereocenters. The van der Waals surface area contributed by atoms with Crippen molar-refractivity contribution >= 4 is 21.6 Å². The number of nitrogens with one attached hydrogen (secondary N) is 1. The zero-order valence-electron chi connectivity index (χ0n) is 8.62. The van der Waals surface area contributed by atoms with E-state index in [2.05, 4.69) is 4.72 Å². The molecule has 0 heterocycles. The zero-order valence-corrected chi connectivity index (χ0v) is 10.2. The van der Waals surface area contributed by atoms with E-state index in [1.54, 1.807) is 6.92 Å². The van der Waals surface area contributed by atoms with Crippen molar-refractivity contribution in [1.82, 2.24) is 4.72 Å². The van der Waals surface area contributed by atoms with Crippen molar-refractivity contribution in [3.8, 4) is 0 Å². The van der Waals surface area contributed by atoms with Gasteiger partial charge < -0.3 is 4.74 Å². The lowest BCUT2D eigenvalue weighted by molar-refractivity contribution is 0.163. The van der Waals surface area contributed by atoms with Gasteiger partial charge >= 0.3 is 0 Å². The van der Waals surface area contributed by atoms with E-state index in [0.717, 1.165) is 0 Å². The first kappa shape index (κ1) is 14.2. The summed E-state index contributed by atoms with van der Waals surface area (Å²) in [5, 5.41) is 0. The van der Waals surface area contributed by atoms with Gasteiger partial charge in [-0.25, -0.2) is 13.1 Å². The molecule has 0 saturated heterocycles. The highest BCUT2D eigenvalue weighted by Crippen LogP contribution is 1.96. The number of sulfonamides is 1. The van der Waals surface area contributed by atoms with Crippen molar-refractivity contribution in [2.45, 2.75) is 26.3 Å². The molecule has 0 amide bonds. The lowest BCUT2D eigenvalue weighted by atomic mass is 10.3. The fraction of sp³-hybridized carbons (Fsp3) is 1.00. The second kappa shape index (κ2) is 7.45. The number of hydrogen-bond acceptors (Lipinski definition) is 3. The molecule has 0 aromatic carbocycles. The van der Waals surface area contributed by atoms with Crippen molar-refractivity contribution in [2.24, 2.45) is 0 Å². The normalized spacial score (nSPS) is 14.2. The van der Waals surface area contributed by atoms with E-state index in [1.807, 2.05) is 6.92 Å². The average molecular weight is 244 g/mol. The molecule has 0 fully saturated rings. The maximum absolute atomic E-state index is 11.4. The monoisotopic (exact) mass is 243 g/mol. The second-order valence-corrected chi connectivity index (χ2v) is 5.26. The van der Waals surface area contributed by atoms with Crippen LogP contribution in [0.25, 0.3) is 0 Å². The SMILES string of the molecule is CCOCCS(=O)(=O)NC(C)CCCl. The minimum atomic E-state index is -3.21. The standard InChI is InChI=1S/C8H18ClNO3S/c1-3-13-6-7-14(11,12)10-8(2)4-5-9/h8,10H,3-7H2,1-2H3. The summed E-state index contributed by atoms with van der Waals surface area (Å²) in [6, 6.07) is -0.112. The number of halogens is 1. The smallest absolute Gasteiger partial charge is 0.214 e. The Bertz CT molecular complexity index is 231. The third kappa shape index (κ3) is 7.55. The van der Waals surface area contributed by atoms with Crippen molar-refractivity contribution in [1.29, 1.82) is 0 Å². The molecule has 0 aromatic rings. The average Bonchev–Trinajstić information content (AvgIpc) is 2.03. The van der Waals surface area contributed by atoms with Gasteiger partial charge in [0.25, 0.3) is 0 Å². The Morgan fingerprint density at radius 3 is 2.64 bits per heavy atom. The van der Waals surface area contributed by atoms with Crippen LogP contribution in [0.2, 0.25) is 0 Å². The van der Waals surface area contributed by atoms with Crippen LogP contribution in [-0.4, -0.2) is 39.3 Å². The van der Waals surface area contributed by atoms with Crippen LogP contribution in [0.5, 0.6) is 0 Å². The van der Waals surface area contributed by atoms with Gasteiger partial charge in [0.2, 0.25) is 10.0 Å². The molecule has 0 aliphatic carbocycles. The zero-order chi connectivity index (χ0) is 11.0. The molecular weight excluding hydrogens is 226 g/mol. The molecule has 14 heavy (non-hydrogen) atoms. The number of rotatable bonds is 8. The van der Waals surface area contributed by atoms with Crippen LogP contribution in [0.3, 0.4) is 0 Å². The predicted molar refractivity (Wildman–Crippen MR) is 58.2 cm³/mol. The van der Waals surface area contributed by atoms with Gasteiger partial charge in [0, 0.05) is 18.5 Å². The van der Waals surface area contributed by atoms with Crippen molar-refractivity contribution < 1.29 is 13.2 Å². The third-order valence-electron chi connectivity index (χ3n) is 1.62. The van der Waals surface area contributed by atoms with Gasteiger partial charge in [-0.1, -0.05) is 0 Å². The Kier molecular flexibility index (Phi) is 7.54. The van der Waals surface area contributed by atoms with Crippen LogP contribution < -0.4 is 4.72 Å². The van der Waals surface area contributed by atoms with Crippen LogP contribution in [0.1, 0.15) is 20.3 Å². The molecule has 6 heteroatoms. The summed E-state index contributed by atoms with van der Waals surface area (Å²) in [5.41, 5.74) is 0. The fourth-order valence-corrected chi connectivity index (χ4v) is 2.41. The van der Waals surface area contributed by atoms with Crippen LogP contribution in [0.15, 0.2) is 0 Å². The van der Waals surface area contributed by atoms with Crippen molar-refractivity contribution in [3.05, 3.63) is 0 Å². The van der Waals surface area contributed by atoms with E-state index in [9.17, 15) is 8.42 Å². The molecule has 0 aromatic heterocycles. The number of alkyl halides is 1. The minimum Gasteiger partial charge on any atom is -0.381 e. The highest BCUT2D eigenvalue weighted by molar-refractivity contribution is 7.89. The highest BCUT2D eigenvalue weighted by Gasteiger charge is 2.13. The minimum absolute atomic E-state index is 0.00741. The molecule has 0 spiro atoms. The van der Waals surface area contributed by atoms with Gasteiger partial charge in [-0.15, -0.1) is 11.6 Å². The van der Waals surface area contributed by atoms with Crippen LogP contribution in [0, 0.1) is 0 Å². The molecule has 4 nitrogen and oxygen atoms in total. The van der Waals surface area contributed by atoms with Gasteiger partial charge in [0.15, 0.2) is 0 Å². The summed E-state index contributed by atoms with van der Waals surface area (Å²) in [6.07, 6.45) is 0.634. The van der Waals surface area contributed by atoms with Crippen LogP contribution in [0.4, 0.5) is 0 Å². The summed E-state index contributed by atoms with van der Waals surface area (Å²) in [5.74, 6) is 0.461. The predicted octanol–water partition coefficient (Wildman–Crippen LogP) is 0.960. The summed E-state index contributed by atoms with van der Waals surface area (Å²) in [4.78, 5) is 0. The first-order chi connectivity index (χ1) is 6.52.